The molecule has 0 atom stereocenters. The van der Waals surface area contributed by atoms with Gasteiger partial charge >= 0.3 is 0 Å². The Morgan fingerprint density at radius 3 is 2.68 bits per heavy atom. The average Bonchev–Trinajstić information content (AvgIpc) is 2.83. The van der Waals surface area contributed by atoms with E-state index in [-0.39, 0.29) is 17.3 Å². The Labute approximate surface area is 127 Å². The first-order valence-electron chi connectivity index (χ1n) is 6.97. The zero-order chi connectivity index (χ0) is 15.1. The largest absolute Gasteiger partial charge is 0.508 e. The van der Waals surface area contributed by atoms with Crippen molar-refractivity contribution in [2.75, 3.05) is 0 Å². The van der Waals surface area contributed by atoms with Crippen LogP contribution in [0.5, 0.6) is 11.5 Å². The molecular formula is C19H12O3. The second-order valence-corrected chi connectivity index (χ2v) is 5.19. The number of hydrogen-bond acceptors (Lipinski definition) is 3. The Kier molecular flexibility index (Phi) is 2.73. The number of benzene rings is 3. The smallest absolute Gasteiger partial charge is 0.231 e. The average molecular weight is 288 g/mol. The highest BCUT2D eigenvalue weighted by Gasteiger charge is 2.27. The normalized spacial score (nSPS) is 15.1. The van der Waals surface area contributed by atoms with E-state index in [1.807, 2.05) is 42.5 Å². The number of ketones is 1. The molecule has 0 spiro atoms. The fraction of sp³-hybridized carbons (Fsp3) is 0. The van der Waals surface area contributed by atoms with Crippen LogP contribution in [0.3, 0.4) is 0 Å². The molecule has 0 fully saturated rings. The van der Waals surface area contributed by atoms with Gasteiger partial charge in [-0.25, -0.2) is 0 Å². The van der Waals surface area contributed by atoms with Crippen molar-refractivity contribution in [3.63, 3.8) is 0 Å². The van der Waals surface area contributed by atoms with Gasteiger partial charge in [-0.3, -0.25) is 4.79 Å². The summed E-state index contributed by atoms with van der Waals surface area (Å²) in [4.78, 5) is 12.4. The molecule has 106 valence electrons. The third kappa shape index (κ3) is 1.95. The number of Topliss-reactive ketones (excluding diaryl/α,β-unsaturated/α-hetero) is 1. The summed E-state index contributed by atoms with van der Waals surface area (Å²) < 4.78 is 5.60. The minimum Gasteiger partial charge on any atom is -0.508 e. The predicted octanol–water partition coefficient (Wildman–Crippen LogP) is 4.16. The predicted molar refractivity (Wildman–Crippen MR) is 85.0 cm³/mol. The highest BCUT2D eigenvalue weighted by Crippen LogP contribution is 2.35. The van der Waals surface area contributed by atoms with E-state index in [0.29, 0.717) is 11.3 Å². The number of rotatable bonds is 1. The second-order valence-electron chi connectivity index (χ2n) is 5.19. The molecule has 1 aliphatic heterocycles. The van der Waals surface area contributed by atoms with Crippen LogP contribution in [0.1, 0.15) is 15.9 Å². The van der Waals surface area contributed by atoms with E-state index in [1.165, 1.54) is 12.1 Å². The van der Waals surface area contributed by atoms with Gasteiger partial charge in [0.15, 0.2) is 5.76 Å². The van der Waals surface area contributed by atoms with Gasteiger partial charge in [0, 0.05) is 6.07 Å². The molecule has 0 aliphatic carbocycles. The lowest BCUT2D eigenvalue weighted by molar-refractivity contribution is 0.101. The van der Waals surface area contributed by atoms with E-state index in [1.54, 1.807) is 12.1 Å². The van der Waals surface area contributed by atoms with Gasteiger partial charge in [-0.05, 0) is 34.5 Å². The molecule has 0 amide bonds. The minimum absolute atomic E-state index is 0.0814. The fourth-order valence-electron chi connectivity index (χ4n) is 2.69. The lowest BCUT2D eigenvalue weighted by Crippen LogP contribution is -1.98. The Morgan fingerprint density at radius 1 is 0.955 bits per heavy atom. The van der Waals surface area contributed by atoms with Gasteiger partial charge in [0.25, 0.3) is 0 Å². The van der Waals surface area contributed by atoms with Gasteiger partial charge in [0.1, 0.15) is 11.5 Å². The Hall–Kier alpha value is -3.07. The summed E-state index contributed by atoms with van der Waals surface area (Å²) in [7, 11) is 0. The zero-order valence-corrected chi connectivity index (χ0v) is 11.6. The molecule has 0 radical (unpaired) electrons. The van der Waals surface area contributed by atoms with Crippen LogP contribution >= 0.6 is 0 Å². The highest BCUT2D eigenvalue weighted by atomic mass is 16.5. The van der Waals surface area contributed by atoms with Crippen molar-refractivity contribution in [1.29, 1.82) is 0 Å². The number of phenolic OH excluding ortho intramolecular Hbond substituents is 1. The topological polar surface area (TPSA) is 46.5 Å². The monoisotopic (exact) mass is 288 g/mol. The van der Waals surface area contributed by atoms with Crippen LogP contribution in [0.4, 0.5) is 0 Å². The lowest BCUT2D eigenvalue weighted by Gasteiger charge is -2.03. The van der Waals surface area contributed by atoms with Gasteiger partial charge in [0.2, 0.25) is 5.78 Å². The molecule has 1 aliphatic rings. The number of fused-ring (bicyclic) bond motifs is 2. The van der Waals surface area contributed by atoms with E-state index in [2.05, 4.69) is 0 Å². The van der Waals surface area contributed by atoms with Crippen LogP contribution in [-0.4, -0.2) is 10.9 Å². The molecule has 0 unspecified atom stereocenters. The van der Waals surface area contributed by atoms with Gasteiger partial charge in [-0.1, -0.05) is 42.5 Å². The van der Waals surface area contributed by atoms with E-state index in [4.69, 9.17) is 4.74 Å². The maximum atomic E-state index is 12.4. The van der Waals surface area contributed by atoms with Crippen LogP contribution in [0, 0.1) is 0 Å². The maximum Gasteiger partial charge on any atom is 0.231 e. The number of aromatic hydroxyl groups is 1. The molecule has 4 rings (SSSR count). The van der Waals surface area contributed by atoms with Gasteiger partial charge in [-0.2, -0.15) is 0 Å². The maximum absolute atomic E-state index is 12.4. The molecule has 0 bridgehead atoms. The van der Waals surface area contributed by atoms with Crippen molar-refractivity contribution in [3.8, 4) is 11.5 Å². The molecule has 1 N–H and O–H groups in total. The number of allylic oxidation sites excluding steroid dienone is 1. The van der Waals surface area contributed by atoms with Gasteiger partial charge < -0.3 is 9.84 Å². The number of ether oxygens (including phenoxy) is 1. The summed E-state index contributed by atoms with van der Waals surface area (Å²) >= 11 is 0. The van der Waals surface area contributed by atoms with E-state index in [9.17, 15) is 9.90 Å². The zero-order valence-electron chi connectivity index (χ0n) is 11.6. The SMILES string of the molecule is O=C1/C(=C/c2cccc3ccccc23)Oc2cc(O)ccc21. The molecule has 3 aromatic carbocycles. The summed E-state index contributed by atoms with van der Waals surface area (Å²) in [6, 6.07) is 18.4. The molecule has 3 aromatic rings. The van der Waals surface area contributed by atoms with Crippen molar-refractivity contribution in [2.45, 2.75) is 0 Å². The van der Waals surface area contributed by atoms with Crippen LogP contribution in [0.2, 0.25) is 0 Å². The number of carbonyl (C=O) groups is 1. The van der Waals surface area contributed by atoms with Crippen molar-refractivity contribution in [2.24, 2.45) is 0 Å². The molecule has 1 heterocycles. The van der Waals surface area contributed by atoms with E-state index in [0.717, 1.165) is 16.3 Å². The van der Waals surface area contributed by atoms with Crippen molar-refractivity contribution < 1.29 is 14.6 Å². The Morgan fingerprint density at radius 2 is 1.77 bits per heavy atom. The molecule has 3 heteroatoms. The van der Waals surface area contributed by atoms with Crippen LogP contribution < -0.4 is 4.74 Å². The molecule has 0 aromatic heterocycles. The summed E-state index contributed by atoms with van der Waals surface area (Å²) in [5, 5.41) is 11.7. The van der Waals surface area contributed by atoms with Gasteiger partial charge in [0.05, 0.1) is 5.56 Å². The van der Waals surface area contributed by atoms with Crippen LogP contribution in [0.25, 0.3) is 16.8 Å². The number of hydrogen-bond donors (Lipinski definition) is 1. The molecule has 3 nitrogen and oxygen atoms in total. The third-order valence-corrected chi connectivity index (χ3v) is 3.76. The lowest BCUT2D eigenvalue weighted by atomic mass is 10.0. The highest BCUT2D eigenvalue weighted by molar-refractivity contribution is 6.15. The fourth-order valence-corrected chi connectivity index (χ4v) is 2.69. The first-order chi connectivity index (χ1) is 10.7. The minimum atomic E-state index is -0.164. The van der Waals surface area contributed by atoms with Crippen molar-refractivity contribution >= 4 is 22.6 Å². The molecular weight excluding hydrogens is 276 g/mol. The third-order valence-electron chi connectivity index (χ3n) is 3.76. The molecule has 22 heavy (non-hydrogen) atoms. The standard InChI is InChI=1S/C19H12O3/c20-14-8-9-16-17(11-14)22-18(19(16)21)10-13-6-3-5-12-4-1-2-7-15(12)13/h1-11,20H/b18-10-. The van der Waals surface area contributed by atoms with Crippen LogP contribution in [-0.2, 0) is 0 Å². The summed E-state index contributed by atoms with van der Waals surface area (Å²) in [5.74, 6) is 0.592. The van der Waals surface area contributed by atoms with E-state index < -0.39 is 0 Å². The quantitative estimate of drug-likeness (QED) is 0.684. The summed E-state index contributed by atoms with van der Waals surface area (Å²) in [5.41, 5.74) is 1.41. The first kappa shape index (κ1) is 12.7. The van der Waals surface area contributed by atoms with Gasteiger partial charge in [-0.15, -0.1) is 0 Å². The van der Waals surface area contributed by atoms with Crippen LogP contribution in [0.15, 0.2) is 66.4 Å². The summed E-state index contributed by atoms with van der Waals surface area (Å²) in [6.45, 7) is 0. The Bertz CT molecular complexity index is 933. The van der Waals surface area contributed by atoms with Crippen molar-refractivity contribution in [3.05, 3.63) is 77.5 Å². The number of phenols is 1. The first-order valence-corrected chi connectivity index (χ1v) is 6.97. The van der Waals surface area contributed by atoms with Crippen molar-refractivity contribution in [1.82, 2.24) is 0 Å². The number of carbonyl (C=O) groups excluding carboxylic acids is 1. The van der Waals surface area contributed by atoms with E-state index >= 15 is 0 Å². The second kappa shape index (κ2) is 4.74. The Balaban J connectivity index is 1.82. The molecule has 0 saturated carbocycles. The summed E-state index contributed by atoms with van der Waals surface area (Å²) in [6.07, 6.45) is 1.75. The molecule has 0 saturated heterocycles.